The minimum absolute atomic E-state index is 0.432. The Hall–Kier alpha value is -0.610. The van der Waals surface area contributed by atoms with Gasteiger partial charge in [0, 0.05) is 21.8 Å². The lowest BCUT2D eigenvalue weighted by molar-refractivity contribution is 0.456. The molecule has 0 heterocycles. The van der Waals surface area contributed by atoms with Crippen molar-refractivity contribution < 1.29 is 0 Å². The summed E-state index contributed by atoms with van der Waals surface area (Å²) in [5.41, 5.74) is 7.71. The van der Waals surface area contributed by atoms with Gasteiger partial charge in [-0.2, -0.15) is 0 Å². The van der Waals surface area contributed by atoms with E-state index in [1.165, 1.54) is 32.1 Å². The topological polar surface area (TPSA) is 38.0 Å². The maximum atomic E-state index is 5.67. The van der Waals surface area contributed by atoms with Crippen LogP contribution in [0.1, 0.15) is 44.6 Å². The highest BCUT2D eigenvalue weighted by Crippen LogP contribution is 2.28. The zero-order chi connectivity index (χ0) is 13.8. The first-order valence-electron chi connectivity index (χ1n) is 6.94. The number of rotatable bonds is 3. The summed E-state index contributed by atoms with van der Waals surface area (Å²) in [5.74, 6) is 0.733. The van der Waals surface area contributed by atoms with Gasteiger partial charge in [-0.15, -0.1) is 0 Å². The van der Waals surface area contributed by atoms with E-state index in [0.29, 0.717) is 11.0 Å². The molecule has 2 atom stereocenters. The Morgan fingerprint density at radius 3 is 2.74 bits per heavy atom. The van der Waals surface area contributed by atoms with Crippen LogP contribution in [0.15, 0.2) is 22.7 Å². The SMILES string of the molecule is CC1CCCCCC1Nc1ccc(C(N)=S)c(Br)c1. The molecular formula is C15H21BrN2S. The molecule has 2 rings (SSSR count). The molecule has 1 aliphatic carbocycles. The highest BCUT2D eigenvalue weighted by atomic mass is 79.9. The van der Waals surface area contributed by atoms with Crippen molar-refractivity contribution in [2.24, 2.45) is 11.7 Å². The van der Waals surface area contributed by atoms with Gasteiger partial charge in [0.15, 0.2) is 0 Å². The Bertz CT molecular complexity index is 461. The molecule has 0 saturated heterocycles. The molecule has 3 N–H and O–H groups in total. The Balaban J connectivity index is 2.10. The molecule has 104 valence electrons. The van der Waals surface area contributed by atoms with Crippen LogP contribution in [0.25, 0.3) is 0 Å². The van der Waals surface area contributed by atoms with E-state index in [-0.39, 0.29) is 0 Å². The third-order valence-electron chi connectivity index (χ3n) is 3.95. The second-order valence-electron chi connectivity index (χ2n) is 5.43. The van der Waals surface area contributed by atoms with Gasteiger partial charge < -0.3 is 11.1 Å². The zero-order valence-corrected chi connectivity index (χ0v) is 13.7. The van der Waals surface area contributed by atoms with Crippen molar-refractivity contribution in [3.05, 3.63) is 28.2 Å². The van der Waals surface area contributed by atoms with Gasteiger partial charge in [0.2, 0.25) is 0 Å². The van der Waals surface area contributed by atoms with Crippen LogP contribution in [0.2, 0.25) is 0 Å². The second-order valence-corrected chi connectivity index (χ2v) is 6.72. The number of benzene rings is 1. The number of hydrogen-bond donors (Lipinski definition) is 2. The minimum Gasteiger partial charge on any atom is -0.389 e. The smallest absolute Gasteiger partial charge is 0.105 e. The van der Waals surface area contributed by atoms with E-state index in [4.69, 9.17) is 18.0 Å². The van der Waals surface area contributed by atoms with Crippen molar-refractivity contribution in [3.63, 3.8) is 0 Å². The molecule has 0 radical (unpaired) electrons. The van der Waals surface area contributed by atoms with Gasteiger partial charge >= 0.3 is 0 Å². The van der Waals surface area contributed by atoms with E-state index < -0.39 is 0 Å². The normalized spacial score (nSPS) is 23.7. The van der Waals surface area contributed by atoms with E-state index in [1.807, 2.05) is 6.07 Å². The molecular weight excluding hydrogens is 320 g/mol. The molecule has 1 aromatic rings. The fraction of sp³-hybridized carbons (Fsp3) is 0.533. The summed E-state index contributed by atoms with van der Waals surface area (Å²) in [6.07, 6.45) is 6.64. The number of halogens is 1. The van der Waals surface area contributed by atoms with Gasteiger partial charge in [-0.25, -0.2) is 0 Å². The summed E-state index contributed by atoms with van der Waals surface area (Å²) >= 11 is 8.55. The Morgan fingerprint density at radius 1 is 1.32 bits per heavy atom. The van der Waals surface area contributed by atoms with Crippen molar-refractivity contribution in [3.8, 4) is 0 Å². The van der Waals surface area contributed by atoms with E-state index >= 15 is 0 Å². The highest BCUT2D eigenvalue weighted by Gasteiger charge is 2.19. The quantitative estimate of drug-likeness (QED) is 0.629. The van der Waals surface area contributed by atoms with Gasteiger partial charge in [0.1, 0.15) is 4.99 Å². The molecule has 19 heavy (non-hydrogen) atoms. The molecule has 0 aliphatic heterocycles. The van der Waals surface area contributed by atoms with Crippen molar-refractivity contribution in [1.29, 1.82) is 0 Å². The second kappa shape index (κ2) is 6.71. The lowest BCUT2D eigenvalue weighted by Crippen LogP contribution is -2.26. The Kier molecular flexibility index (Phi) is 5.22. The highest BCUT2D eigenvalue weighted by molar-refractivity contribution is 9.10. The third-order valence-corrected chi connectivity index (χ3v) is 4.82. The average molecular weight is 341 g/mol. The number of thiocarbonyl (C=S) groups is 1. The van der Waals surface area contributed by atoms with Crippen LogP contribution in [-0.4, -0.2) is 11.0 Å². The number of hydrogen-bond acceptors (Lipinski definition) is 2. The molecule has 1 fully saturated rings. The van der Waals surface area contributed by atoms with Crippen LogP contribution in [0.4, 0.5) is 5.69 Å². The summed E-state index contributed by atoms with van der Waals surface area (Å²) in [6, 6.07) is 6.70. The summed E-state index contributed by atoms with van der Waals surface area (Å²) in [6.45, 7) is 2.35. The molecule has 2 unspecified atom stereocenters. The molecule has 0 bridgehead atoms. The van der Waals surface area contributed by atoms with Crippen LogP contribution < -0.4 is 11.1 Å². The van der Waals surface area contributed by atoms with Gasteiger partial charge in [-0.3, -0.25) is 0 Å². The molecule has 1 aliphatic rings. The fourth-order valence-electron chi connectivity index (χ4n) is 2.73. The predicted octanol–water partition coefficient (Wildman–Crippen LogP) is 4.46. The van der Waals surface area contributed by atoms with E-state index in [0.717, 1.165) is 21.6 Å². The summed E-state index contributed by atoms with van der Waals surface area (Å²) < 4.78 is 0.964. The maximum absolute atomic E-state index is 5.67. The molecule has 0 amide bonds. The van der Waals surface area contributed by atoms with Gasteiger partial charge in [-0.1, -0.05) is 38.4 Å². The summed E-state index contributed by atoms with van der Waals surface area (Å²) in [4.78, 5) is 0.432. The largest absolute Gasteiger partial charge is 0.389 e. The molecule has 1 saturated carbocycles. The van der Waals surface area contributed by atoms with Crippen molar-refractivity contribution in [2.75, 3.05) is 5.32 Å². The monoisotopic (exact) mass is 340 g/mol. The predicted molar refractivity (Wildman–Crippen MR) is 89.7 cm³/mol. The van der Waals surface area contributed by atoms with Crippen LogP contribution in [-0.2, 0) is 0 Å². The van der Waals surface area contributed by atoms with Gasteiger partial charge in [-0.05, 0) is 52.9 Å². The Labute approximate surface area is 129 Å². The summed E-state index contributed by atoms with van der Waals surface area (Å²) in [7, 11) is 0. The Morgan fingerprint density at radius 2 is 2.05 bits per heavy atom. The molecule has 4 heteroatoms. The van der Waals surface area contributed by atoms with Crippen LogP contribution >= 0.6 is 28.1 Å². The van der Waals surface area contributed by atoms with E-state index in [1.54, 1.807) is 0 Å². The van der Waals surface area contributed by atoms with E-state index in [2.05, 4.69) is 40.3 Å². The van der Waals surface area contributed by atoms with Gasteiger partial charge in [0.05, 0.1) is 0 Å². The molecule has 1 aromatic carbocycles. The number of nitrogens with two attached hydrogens (primary N) is 1. The first kappa shape index (κ1) is 14.8. The first-order chi connectivity index (χ1) is 9.08. The standard InChI is InChI=1S/C15H21BrN2S/c1-10-5-3-2-4-6-14(10)18-11-7-8-12(15(17)19)13(16)9-11/h7-10,14,18H,2-6H2,1H3,(H2,17,19). The minimum atomic E-state index is 0.432. The number of nitrogens with one attached hydrogen (secondary N) is 1. The van der Waals surface area contributed by atoms with Crippen LogP contribution in [0.3, 0.4) is 0 Å². The van der Waals surface area contributed by atoms with Crippen molar-refractivity contribution in [2.45, 2.75) is 45.1 Å². The van der Waals surface area contributed by atoms with E-state index in [9.17, 15) is 0 Å². The number of anilines is 1. The first-order valence-corrected chi connectivity index (χ1v) is 8.14. The van der Waals surface area contributed by atoms with Crippen molar-refractivity contribution >= 4 is 38.8 Å². The lowest BCUT2D eigenvalue weighted by Gasteiger charge is -2.24. The summed E-state index contributed by atoms with van der Waals surface area (Å²) in [5, 5.41) is 3.66. The zero-order valence-electron chi connectivity index (χ0n) is 11.3. The molecule has 2 nitrogen and oxygen atoms in total. The maximum Gasteiger partial charge on any atom is 0.105 e. The molecule has 0 spiro atoms. The van der Waals surface area contributed by atoms with Crippen molar-refractivity contribution in [1.82, 2.24) is 0 Å². The molecule has 0 aromatic heterocycles. The lowest BCUT2D eigenvalue weighted by atomic mass is 9.96. The average Bonchev–Trinajstić information content (AvgIpc) is 2.55. The van der Waals surface area contributed by atoms with Gasteiger partial charge in [0.25, 0.3) is 0 Å². The van der Waals surface area contributed by atoms with Crippen LogP contribution in [0, 0.1) is 5.92 Å². The third kappa shape index (κ3) is 3.93. The fourth-order valence-corrected chi connectivity index (χ4v) is 3.63. The van der Waals surface area contributed by atoms with Crippen LogP contribution in [0.5, 0.6) is 0 Å².